The first-order valence-corrected chi connectivity index (χ1v) is 12.9. The summed E-state index contributed by atoms with van der Waals surface area (Å²) in [6, 6.07) is 7.22. The monoisotopic (exact) mass is 539 g/mol. The van der Waals surface area contributed by atoms with Gasteiger partial charge in [0, 0.05) is 18.3 Å². The number of alkyl halides is 3. The SMILES string of the molecule is CN(C)C1CC(c2cccc(C(F)(F)F)c2)CCC1Oc1ncc(S(=O)(=O)Nc2ccncn2)cc1F. The van der Waals surface area contributed by atoms with Crippen molar-refractivity contribution in [1.82, 2.24) is 19.9 Å². The zero-order valence-corrected chi connectivity index (χ0v) is 20.8. The van der Waals surface area contributed by atoms with E-state index in [1.807, 2.05) is 19.0 Å². The smallest absolute Gasteiger partial charge is 0.416 e. The molecule has 3 atom stereocenters. The zero-order valence-electron chi connectivity index (χ0n) is 20.0. The molecule has 37 heavy (non-hydrogen) atoms. The molecule has 3 unspecified atom stereocenters. The van der Waals surface area contributed by atoms with E-state index in [9.17, 15) is 26.0 Å². The summed E-state index contributed by atoms with van der Waals surface area (Å²) in [7, 11) is -0.522. The van der Waals surface area contributed by atoms with Gasteiger partial charge in [0.05, 0.1) is 11.8 Å². The van der Waals surface area contributed by atoms with Gasteiger partial charge in [-0.1, -0.05) is 18.2 Å². The fourth-order valence-corrected chi connectivity index (χ4v) is 5.37. The molecule has 1 saturated carbocycles. The maximum absolute atomic E-state index is 14.9. The Morgan fingerprint density at radius 3 is 2.54 bits per heavy atom. The van der Waals surface area contributed by atoms with Gasteiger partial charge in [-0.3, -0.25) is 4.72 Å². The first kappa shape index (κ1) is 26.7. The predicted molar refractivity (Wildman–Crippen MR) is 127 cm³/mol. The molecule has 1 N–H and O–H groups in total. The molecule has 1 fully saturated rings. The van der Waals surface area contributed by atoms with Gasteiger partial charge in [0.2, 0.25) is 0 Å². The second-order valence-corrected chi connectivity index (χ2v) is 10.7. The van der Waals surface area contributed by atoms with E-state index in [0.29, 0.717) is 24.8 Å². The third-order valence-corrected chi connectivity index (χ3v) is 7.60. The highest BCUT2D eigenvalue weighted by Crippen LogP contribution is 2.39. The van der Waals surface area contributed by atoms with Gasteiger partial charge in [0.1, 0.15) is 23.1 Å². The number of rotatable bonds is 7. The van der Waals surface area contributed by atoms with Gasteiger partial charge in [-0.2, -0.15) is 13.2 Å². The lowest BCUT2D eigenvalue weighted by molar-refractivity contribution is -0.137. The summed E-state index contributed by atoms with van der Waals surface area (Å²) in [6.07, 6.45) is 0.0510. The lowest BCUT2D eigenvalue weighted by Crippen LogP contribution is -2.46. The minimum atomic E-state index is -4.43. The Balaban J connectivity index is 1.48. The van der Waals surface area contributed by atoms with Crippen LogP contribution in [0.5, 0.6) is 5.88 Å². The molecule has 1 aliphatic carbocycles. The molecule has 0 amide bonds. The van der Waals surface area contributed by atoms with Crippen molar-refractivity contribution in [3.8, 4) is 5.88 Å². The predicted octanol–water partition coefficient (Wildman–Crippen LogP) is 4.48. The van der Waals surface area contributed by atoms with Gasteiger partial charge >= 0.3 is 6.18 Å². The first-order valence-electron chi connectivity index (χ1n) is 11.4. The summed E-state index contributed by atoms with van der Waals surface area (Å²) in [4.78, 5) is 12.8. The van der Waals surface area contributed by atoms with Crippen molar-refractivity contribution in [3.05, 3.63) is 72.1 Å². The Hall–Kier alpha value is -3.32. The van der Waals surface area contributed by atoms with Gasteiger partial charge in [-0.05, 0) is 57.0 Å². The minimum Gasteiger partial charge on any atom is -0.471 e. The van der Waals surface area contributed by atoms with Gasteiger partial charge in [0.25, 0.3) is 15.9 Å². The molecule has 3 aromatic rings. The van der Waals surface area contributed by atoms with Crippen LogP contribution >= 0.6 is 0 Å². The highest BCUT2D eigenvalue weighted by molar-refractivity contribution is 7.92. The summed E-state index contributed by atoms with van der Waals surface area (Å²) >= 11 is 0. The second kappa shape index (κ2) is 10.6. The van der Waals surface area contributed by atoms with Crippen LogP contribution in [0.1, 0.15) is 36.3 Å². The van der Waals surface area contributed by atoms with Gasteiger partial charge in [-0.25, -0.2) is 27.8 Å². The number of hydrogen-bond donors (Lipinski definition) is 1. The van der Waals surface area contributed by atoms with E-state index in [4.69, 9.17) is 4.74 Å². The number of aromatic nitrogens is 3. The van der Waals surface area contributed by atoms with E-state index in [0.717, 1.165) is 24.7 Å². The maximum Gasteiger partial charge on any atom is 0.416 e. The summed E-state index contributed by atoms with van der Waals surface area (Å²) in [6.45, 7) is 0. The number of nitrogens with one attached hydrogen (secondary N) is 1. The highest BCUT2D eigenvalue weighted by Gasteiger charge is 2.36. The number of ether oxygens (including phenoxy) is 1. The minimum absolute atomic E-state index is 0.0158. The Kier molecular flexibility index (Phi) is 7.64. The van der Waals surface area contributed by atoms with Crippen LogP contribution in [-0.2, 0) is 16.2 Å². The number of anilines is 1. The van der Waals surface area contributed by atoms with Crippen LogP contribution in [0.25, 0.3) is 0 Å². The molecular formula is C24H25F4N5O3S. The fraction of sp³-hybridized carbons (Fsp3) is 0.375. The van der Waals surface area contributed by atoms with Crippen molar-refractivity contribution in [2.75, 3.05) is 18.8 Å². The number of hydrogen-bond acceptors (Lipinski definition) is 7. The number of likely N-dealkylation sites (N-methyl/N-ethyl adjacent to an activating group) is 1. The van der Waals surface area contributed by atoms with Gasteiger partial charge in [-0.15, -0.1) is 0 Å². The number of halogens is 4. The van der Waals surface area contributed by atoms with Crippen molar-refractivity contribution in [2.45, 2.75) is 48.4 Å². The molecule has 1 aliphatic rings. The molecule has 0 radical (unpaired) electrons. The largest absolute Gasteiger partial charge is 0.471 e. The van der Waals surface area contributed by atoms with Crippen LogP contribution in [-0.4, -0.2) is 54.5 Å². The molecule has 198 valence electrons. The molecule has 4 rings (SSSR count). The molecule has 2 aromatic heterocycles. The Labute approximate surface area is 211 Å². The van der Waals surface area contributed by atoms with E-state index >= 15 is 0 Å². The third-order valence-electron chi connectivity index (χ3n) is 6.28. The number of nitrogens with zero attached hydrogens (tertiary/aromatic N) is 4. The van der Waals surface area contributed by atoms with E-state index in [-0.39, 0.29) is 23.7 Å². The highest BCUT2D eigenvalue weighted by atomic mass is 32.2. The fourth-order valence-electron chi connectivity index (χ4n) is 4.40. The van der Waals surface area contributed by atoms with Crippen molar-refractivity contribution in [3.63, 3.8) is 0 Å². The molecule has 1 aromatic carbocycles. The zero-order chi connectivity index (χ0) is 26.8. The average Bonchev–Trinajstić information content (AvgIpc) is 2.85. The average molecular weight is 540 g/mol. The van der Waals surface area contributed by atoms with Crippen LogP contribution in [0, 0.1) is 5.82 Å². The van der Waals surface area contributed by atoms with Crippen molar-refractivity contribution in [2.24, 2.45) is 0 Å². The molecule has 0 aliphatic heterocycles. The Morgan fingerprint density at radius 1 is 1.11 bits per heavy atom. The summed E-state index contributed by atoms with van der Waals surface area (Å²) < 4.78 is 87.6. The Morgan fingerprint density at radius 2 is 1.89 bits per heavy atom. The molecular weight excluding hydrogens is 514 g/mol. The van der Waals surface area contributed by atoms with Crippen molar-refractivity contribution in [1.29, 1.82) is 0 Å². The molecule has 13 heteroatoms. The van der Waals surface area contributed by atoms with Crippen LogP contribution in [0.3, 0.4) is 0 Å². The normalized spacial score (nSPS) is 20.6. The van der Waals surface area contributed by atoms with Gasteiger partial charge < -0.3 is 9.64 Å². The summed E-state index contributed by atoms with van der Waals surface area (Å²) in [5.41, 5.74) is -0.101. The lowest BCUT2D eigenvalue weighted by Gasteiger charge is -2.39. The molecule has 0 bridgehead atoms. The Bertz CT molecular complexity index is 1340. The van der Waals surface area contributed by atoms with Crippen LogP contribution < -0.4 is 9.46 Å². The van der Waals surface area contributed by atoms with Gasteiger partial charge in [0.15, 0.2) is 5.82 Å². The third kappa shape index (κ3) is 6.34. The summed E-state index contributed by atoms with van der Waals surface area (Å²) in [5, 5.41) is 0. The van der Waals surface area contributed by atoms with Crippen molar-refractivity contribution < 1.29 is 30.7 Å². The quantitative estimate of drug-likeness (QED) is 0.443. The number of sulfonamides is 1. The lowest BCUT2D eigenvalue weighted by atomic mass is 9.79. The second-order valence-electron chi connectivity index (χ2n) is 8.98. The van der Waals surface area contributed by atoms with E-state index in [1.54, 1.807) is 6.07 Å². The molecule has 8 nitrogen and oxygen atoms in total. The molecule has 0 saturated heterocycles. The van der Waals surface area contributed by atoms with E-state index in [1.165, 1.54) is 24.4 Å². The molecule has 2 heterocycles. The van der Waals surface area contributed by atoms with Crippen LogP contribution in [0.4, 0.5) is 23.4 Å². The number of benzene rings is 1. The first-order chi connectivity index (χ1) is 17.4. The maximum atomic E-state index is 14.9. The van der Waals surface area contributed by atoms with Crippen LogP contribution in [0.2, 0.25) is 0 Å². The standard InChI is InChI=1S/C24H25F4N5O3S/c1-33(2)20-11-16(15-4-3-5-17(10-15)24(26,27)28)6-7-21(20)36-23-19(25)12-18(13-30-23)37(34,35)32-22-8-9-29-14-31-22/h3-5,8-10,12-14,16,20-21H,6-7,11H2,1-2H3,(H,29,31,32). The van der Waals surface area contributed by atoms with Crippen molar-refractivity contribution >= 4 is 15.8 Å². The molecule has 0 spiro atoms. The van der Waals surface area contributed by atoms with E-state index < -0.39 is 38.6 Å². The topological polar surface area (TPSA) is 97.3 Å². The summed E-state index contributed by atoms with van der Waals surface area (Å²) in [5.74, 6) is -1.42. The number of pyridine rings is 1. The van der Waals surface area contributed by atoms with E-state index in [2.05, 4.69) is 19.7 Å². The van der Waals surface area contributed by atoms with Crippen LogP contribution in [0.15, 0.2) is 60.0 Å².